The minimum atomic E-state index is -0.356. The van der Waals surface area contributed by atoms with Crippen LogP contribution < -0.4 is 4.74 Å². The van der Waals surface area contributed by atoms with Crippen molar-refractivity contribution >= 4 is 11.8 Å². The minimum Gasteiger partial charge on any atom is -0.494 e. The van der Waals surface area contributed by atoms with Crippen LogP contribution in [0.2, 0.25) is 0 Å². The van der Waals surface area contributed by atoms with Crippen molar-refractivity contribution in [3.05, 3.63) is 29.8 Å². The summed E-state index contributed by atoms with van der Waals surface area (Å²) in [7, 11) is 0. The first-order valence-corrected chi connectivity index (χ1v) is 7.42. The van der Waals surface area contributed by atoms with E-state index in [1.165, 1.54) is 5.75 Å². The second-order valence-electron chi connectivity index (χ2n) is 3.89. The molecular weight excluding hydrogens is 232 g/mol. The summed E-state index contributed by atoms with van der Waals surface area (Å²) in [6.45, 7) is 4.91. The molecule has 0 amide bonds. The van der Waals surface area contributed by atoms with Gasteiger partial charge in [0.2, 0.25) is 0 Å². The van der Waals surface area contributed by atoms with E-state index in [4.69, 9.17) is 4.74 Å². The van der Waals surface area contributed by atoms with Gasteiger partial charge in [-0.3, -0.25) is 0 Å². The van der Waals surface area contributed by atoms with Crippen LogP contribution in [0, 0.1) is 0 Å². The van der Waals surface area contributed by atoms with Crippen LogP contribution in [0.1, 0.15) is 38.4 Å². The molecule has 0 aliphatic rings. The molecule has 17 heavy (non-hydrogen) atoms. The van der Waals surface area contributed by atoms with Gasteiger partial charge in [-0.05, 0) is 42.0 Å². The van der Waals surface area contributed by atoms with Gasteiger partial charge in [-0.25, -0.2) is 0 Å². The van der Waals surface area contributed by atoms with Gasteiger partial charge in [0.25, 0.3) is 0 Å². The van der Waals surface area contributed by atoms with Crippen molar-refractivity contribution < 1.29 is 9.84 Å². The van der Waals surface area contributed by atoms with Gasteiger partial charge in [0, 0.05) is 0 Å². The summed E-state index contributed by atoms with van der Waals surface area (Å²) in [5.74, 6) is 3.21. The van der Waals surface area contributed by atoms with E-state index in [1.54, 1.807) is 0 Å². The van der Waals surface area contributed by atoms with Gasteiger partial charge in [-0.15, -0.1) is 0 Å². The third-order valence-corrected chi connectivity index (χ3v) is 3.54. The Bertz CT molecular complexity index is 298. The molecular formula is C14H22O2S. The number of thioether (sulfide) groups is 1. The molecule has 2 nitrogen and oxygen atoms in total. The van der Waals surface area contributed by atoms with Crippen LogP contribution in [-0.4, -0.2) is 23.2 Å². The van der Waals surface area contributed by atoms with Crippen molar-refractivity contribution in [1.82, 2.24) is 0 Å². The van der Waals surface area contributed by atoms with Gasteiger partial charge < -0.3 is 9.84 Å². The van der Waals surface area contributed by atoms with Gasteiger partial charge in [0.05, 0.1) is 12.7 Å². The summed E-state index contributed by atoms with van der Waals surface area (Å²) in [5, 5.41) is 9.65. The number of ether oxygens (including phenoxy) is 1. The lowest BCUT2D eigenvalue weighted by molar-refractivity contribution is 0.173. The minimum absolute atomic E-state index is 0.356. The van der Waals surface area contributed by atoms with E-state index < -0.39 is 0 Å². The van der Waals surface area contributed by atoms with Crippen molar-refractivity contribution in [1.29, 1.82) is 0 Å². The zero-order valence-electron chi connectivity index (χ0n) is 10.7. The summed E-state index contributed by atoms with van der Waals surface area (Å²) >= 11 is 1.94. The third kappa shape index (κ3) is 5.46. The van der Waals surface area contributed by atoms with E-state index in [-0.39, 0.29) is 6.10 Å². The lowest BCUT2D eigenvalue weighted by Gasteiger charge is -2.10. The molecule has 0 spiro atoms. The molecule has 0 fully saturated rings. The number of rotatable bonds is 8. The number of aliphatic hydroxyl groups is 1. The van der Waals surface area contributed by atoms with E-state index in [9.17, 15) is 5.11 Å². The highest BCUT2D eigenvalue weighted by Gasteiger charge is 2.04. The highest BCUT2D eigenvalue weighted by Crippen LogP contribution is 2.19. The average molecular weight is 254 g/mol. The highest BCUT2D eigenvalue weighted by atomic mass is 32.2. The van der Waals surface area contributed by atoms with Crippen molar-refractivity contribution in [2.75, 3.05) is 18.1 Å². The van der Waals surface area contributed by atoms with E-state index in [0.29, 0.717) is 0 Å². The maximum atomic E-state index is 9.65. The number of hydrogen-bond acceptors (Lipinski definition) is 3. The van der Waals surface area contributed by atoms with Crippen molar-refractivity contribution in [3.8, 4) is 5.75 Å². The molecule has 3 heteroatoms. The topological polar surface area (TPSA) is 29.5 Å². The molecule has 1 aromatic carbocycles. The zero-order chi connectivity index (χ0) is 12.5. The molecule has 0 saturated heterocycles. The molecule has 1 rings (SSSR count). The van der Waals surface area contributed by atoms with Gasteiger partial charge in [-0.2, -0.15) is 11.8 Å². The maximum Gasteiger partial charge on any atom is 0.119 e. The first-order valence-electron chi connectivity index (χ1n) is 6.26. The van der Waals surface area contributed by atoms with Crippen LogP contribution in [0.5, 0.6) is 5.75 Å². The molecule has 0 aliphatic carbocycles. The van der Waals surface area contributed by atoms with Gasteiger partial charge >= 0.3 is 0 Å². The Balaban J connectivity index is 2.30. The van der Waals surface area contributed by atoms with Crippen LogP contribution >= 0.6 is 11.8 Å². The molecule has 96 valence electrons. The quantitative estimate of drug-likeness (QED) is 0.718. The van der Waals surface area contributed by atoms with Crippen LogP contribution in [-0.2, 0) is 0 Å². The molecule has 1 aromatic rings. The number of hydrogen-bond donors (Lipinski definition) is 1. The largest absolute Gasteiger partial charge is 0.494 e. The van der Waals surface area contributed by atoms with Gasteiger partial charge in [0.15, 0.2) is 0 Å². The maximum absolute atomic E-state index is 9.65. The average Bonchev–Trinajstić information content (AvgIpc) is 2.38. The predicted molar refractivity (Wildman–Crippen MR) is 74.8 cm³/mol. The first kappa shape index (κ1) is 14.4. The second kappa shape index (κ2) is 8.43. The van der Waals surface area contributed by atoms with E-state index >= 15 is 0 Å². The number of aliphatic hydroxyl groups excluding tert-OH is 1. The van der Waals surface area contributed by atoms with Crippen LogP contribution in [0.25, 0.3) is 0 Å². The fraction of sp³-hybridized carbons (Fsp3) is 0.571. The fourth-order valence-corrected chi connectivity index (χ4v) is 2.13. The normalized spacial score (nSPS) is 12.4. The molecule has 0 radical (unpaired) electrons. The molecule has 0 saturated carbocycles. The lowest BCUT2D eigenvalue weighted by Crippen LogP contribution is -2.00. The smallest absolute Gasteiger partial charge is 0.119 e. The Morgan fingerprint density at radius 2 is 1.94 bits per heavy atom. The second-order valence-corrected chi connectivity index (χ2v) is 5.29. The monoisotopic (exact) mass is 254 g/mol. The Morgan fingerprint density at radius 1 is 1.24 bits per heavy atom. The van der Waals surface area contributed by atoms with Crippen molar-refractivity contribution in [2.24, 2.45) is 0 Å². The molecule has 1 unspecified atom stereocenters. The molecule has 0 bridgehead atoms. The first-order chi connectivity index (χ1) is 8.27. The molecule has 1 atom stereocenters. The number of benzene rings is 1. The van der Waals surface area contributed by atoms with Crippen LogP contribution in [0.3, 0.4) is 0 Å². The van der Waals surface area contributed by atoms with Gasteiger partial charge in [0.1, 0.15) is 5.75 Å². The van der Waals surface area contributed by atoms with Gasteiger partial charge in [-0.1, -0.05) is 26.0 Å². The van der Waals surface area contributed by atoms with E-state index in [0.717, 1.165) is 36.5 Å². The van der Waals surface area contributed by atoms with Crippen molar-refractivity contribution in [3.63, 3.8) is 0 Å². The Kier molecular flexibility index (Phi) is 7.13. The van der Waals surface area contributed by atoms with Crippen LogP contribution in [0.15, 0.2) is 24.3 Å². The Hall–Kier alpha value is -0.670. The van der Waals surface area contributed by atoms with E-state index in [2.05, 4.69) is 6.92 Å². The predicted octanol–water partition coefficient (Wildman–Crippen LogP) is 3.65. The Labute approximate surface area is 108 Å². The summed E-state index contributed by atoms with van der Waals surface area (Å²) in [4.78, 5) is 0. The molecule has 0 aromatic heterocycles. The summed E-state index contributed by atoms with van der Waals surface area (Å²) in [6, 6.07) is 7.73. The van der Waals surface area contributed by atoms with E-state index in [1.807, 2.05) is 43.0 Å². The van der Waals surface area contributed by atoms with Crippen LogP contribution in [0.4, 0.5) is 0 Å². The summed E-state index contributed by atoms with van der Waals surface area (Å²) in [5.41, 5.74) is 0.960. The molecule has 0 heterocycles. The standard InChI is InChI=1S/C14H22O2S/c1-3-14(15)12-6-8-13(9-7-12)16-10-5-11-17-4-2/h6-9,14-15H,3-5,10-11H2,1-2H3. The van der Waals surface area contributed by atoms with Crippen molar-refractivity contribution in [2.45, 2.75) is 32.8 Å². The SMILES string of the molecule is CCSCCCOc1ccc(C(O)CC)cc1. The fourth-order valence-electron chi connectivity index (χ4n) is 1.52. The Morgan fingerprint density at radius 3 is 2.53 bits per heavy atom. The molecule has 0 aliphatic heterocycles. The summed E-state index contributed by atoms with van der Waals surface area (Å²) in [6.07, 6.45) is 1.47. The lowest BCUT2D eigenvalue weighted by atomic mass is 10.1. The molecule has 1 N–H and O–H groups in total. The summed E-state index contributed by atoms with van der Waals surface area (Å²) < 4.78 is 5.63. The highest BCUT2D eigenvalue weighted by molar-refractivity contribution is 7.99. The third-order valence-electron chi connectivity index (χ3n) is 2.56. The zero-order valence-corrected chi connectivity index (χ0v) is 11.5.